The summed E-state index contributed by atoms with van der Waals surface area (Å²) in [5.41, 5.74) is 0.912. The molecule has 0 aliphatic carbocycles. The number of piperidine rings is 1. The van der Waals surface area contributed by atoms with E-state index in [0.717, 1.165) is 24.9 Å². The Labute approximate surface area is 90.7 Å². The summed E-state index contributed by atoms with van der Waals surface area (Å²) in [6.45, 7) is 3.25. The van der Waals surface area contributed by atoms with Crippen LogP contribution in [-0.4, -0.2) is 12.1 Å². The van der Waals surface area contributed by atoms with Gasteiger partial charge in [0.2, 0.25) is 0 Å². The molecule has 1 atom stereocenters. The average Bonchev–Trinajstić information content (AvgIpc) is 2.22. The van der Waals surface area contributed by atoms with E-state index in [9.17, 15) is 4.39 Å². The second kappa shape index (κ2) is 4.31. The van der Waals surface area contributed by atoms with Crippen molar-refractivity contribution >= 4 is 0 Å². The van der Waals surface area contributed by atoms with Gasteiger partial charge < -0.3 is 5.32 Å². The van der Waals surface area contributed by atoms with Gasteiger partial charge in [0.15, 0.2) is 0 Å². The summed E-state index contributed by atoms with van der Waals surface area (Å²) in [4.78, 5) is 0. The van der Waals surface area contributed by atoms with Crippen LogP contribution < -0.4 is 5.32 Å². The quantitative estimate of drug-likeness (QED) is 0.786. The summed E-state index contributed by atoms with van der Waals surface area (Å²) < 4.78 is 13.5. The van der Waals surface area contributed by atoms with Crippen LogP contribution in [0.25, 0.3) is 0 Å². The molecule has 82 valence electrons. The first-order chi connectivity index (χ1) is 7.20. The van der Waals surface area contributed by atoms with E-state index in [1.165, 1.54) is 12.8 Å². The van der Waals surface area contributed by atoms with Crippen molar-refractivity contribution in [1.29, 1.82) is 0 Å². The third kappa shape index (κ3) is 2.57. The fourth-order valence-corrected chi connectivity index (χ4v) is 2.33. The lowest BCUT2D eigenvalue weighted by Gasteiger charge is -2.35. The third-order valence-corrected chi connectivity index (χ3v) is 3.25. The number of hydrogen-bond acceptors (Lipinski definition) is 1. The molecule has 0 amide bonds. The smallest absolute Gasteiger partial charge is 0.126 e. The number of halogens is 1. The maximum atomic E-state index is 13.5. The highest BCUT2D eigenvalue weighted by Gasteiger charge is 2.27. The van der Waals surface area contributed by atoms with Crippen molar-refractivity contribution in [2.75, 3.05) is 6.54 Å². The Morgan fingerprint density at radius 3 is 2.80 bits per heavy atom. The molecule has 1 N–H and O–H groups in total. The van der Waals surface area contributed by atoms with Crippen LogP contribution in [-0.2, 0) is 6.42 Å². The molecule has 1 heterocycles. The molecule has 1 saturated heterocycles. The molecule has 1 aromatic carbocycles. The van der Waals surface area contributed by atoms with Gasteiger partial charge in [-0.1, -0.05) is 24.6 Å². The van der Waals surface area contributed by atoms with Crippen molar-refractivity contribution in [2.24, 2.45) is 0 Å². The van der Waals surface area contributed by atoms with E-state index in [1.807, 2.05) is 12.1 Å². The highest BCUT2D eigenvalue weighted by Crippen LogP contribution is 2.24. The van der Waals surface area contributed by atoms with E-state index in [0.29, 0.717) is 0 Å². The predicted molar refractivity (Wildman–Crippen MR) is 60.4 cm³/mol. The number of rotatable bonds is 2. The van der Waals surface area contributed by atoms with E-state index in [-0.39, 0.29) is 11.4 Å². The Kier molecular flexibility index (Phi) is 3.06. The molecule has 0 bridgehead atoms. The minimum absolute atomic E-state index is 0.0777. The third-order valence-electron chi connectivity index (χ3n) is 3.25. The zero-order valence-electron chi connectivity index (χ0n) is 9.22. The van der Waals surface area contributed by atoms with Gasteiger partial charge in [-0.05, 0) is 44.4 Å². The molecule has 0 radical (unpaired) electrons. The van der Waals surface area contributed by atoms with Crippen molar-refractivity contribution in [1.82, 2.24) is 5.32 Å². The standard InChI is InChI=1S/C13H18FN/c1-13(8-4-5-9-15-13)10-11-6-2-3-7-12(11)14/h2-3,6-7,15H,4-5,8-10H2,1H3. The van der Waals surface area contributed by atoms with Crippen LogP contribution in [0.1, 0.15) is 31.7 Å². The summed E-state index contributed by atoms with van der Waals surface area (Å²) in [7, 11) is 0. The molecule has 1 nitrogen and oxygen atoms in total. The van der Waals surface area contributed by atoms with Gasteiger partial charge in [-0.2, -0.15) is 0 Å². The van der Waals surface area contributed by atoms with Crippen LogP contribution in [0.5, 0.6) is 0 Å². The lowest BCUT2D eigenvalue weighted by atomic mass is 9.85. The van der Waals surface area contributed by atoms with Gasteiger partial charge in [0, 0.05) is 5.54 Å². The van der Waals surface area contributed by atoms with Crippen LogP contribution in [0.3, 0.4) is 0 Å². The number of hydrogen-bond donors (Lipinski definition) is 1. The predicted octanol–water partition coefficient (Wildman–Crippen LogP) is 2.90. The molecule has 1 aliphatic heterocycles. The minimum Gasteiger partial charge on any atom is -0.311 e. The molecule has 2 heteroatoms. The number of benzene rings is 1. The van der Waals surface area contributed by atoms with Crippen LogP contribution >= 0.6 is 0 Å². The molecule has 2 rings (SSSR count). The maximum Gasteiger partial charge on any atom is 0.126 e. The van der Waals surface area contributed by atoms with Gasteiger partial charge in [0.1, 0.15) is 5.82 Å². The fourth-order valence-electron chi connectivity index (χ4n) is 2.33. The van der Waals surface area contributed by atoms with Crippen LogP contribution in [0.4, 0.5) is 4.39 Å². The largest absolute Gasteiger partial charge is 0.311 e. The lowest BCUT2D eigenvalue weighted by molar-refractivity contribution is 0.274. The van der Waals surface area contributed by atoms with Crippen molar-refractivity contribution in [3.8, 4) is 0 Å². The van der Waals surface area contributed by atoms with Crippen molar-refractivity contribution < 1.29 is 4.39 Å². The van der Waals surface area contributed by atoms with Gasteiger partial charge in [-0.15, -0.1) is 0 Å². The van der Waals surface area contributed by atoms with Crippen molar-refractivity contribution in [3.05, 3.63) is 35.6 Å². The fraction of sp³-hybridized carbons (Fsp3) is 0.538. The van der Waals surface area contributed by atoms with E-state index >= 15 is 0 Å². The van der Waals surface area contributed by atoms with Gasteiger partial charge in [-0.3, -0.25) is 0 Å². The Bertz CT molecular complexity index is 329. The SMILES string of the molecule is CC1(Cc2ccccc2F)CCCCN1. The zero-order valence-corrected chi connectivity index (χ0v) is 9.22. The first kappa shape index (κ1) is 10.6. The van der Waals surface area contributed by atoms with Crippen molar-refractivity contribution in [3.63, 3.8) is 0 Å². The highest BCUT2D eigenvalue weighted by molar-refractivity contribution is 5.20. The minimum atomic E-state index is -0.0777. The van der Waals surface area contributed by atoms with Gasteiger partial charge in [0.05, 0.1) is 0 Å². The Hall–Kier alpha value is -0.890. The highest BCUT2D eigenvalue weighted by atomic mass is 19.1. The first-order valence-electron chi connectivity index (χ1n) is 5.68. The van der Waals surface area contributed by atoms with Crippen molar-refractivity contribution in [2.45, 2.75) is 38.1 Å². The molecule has 1 aliphatic rings. The molecule has 1 aromatic rings. The Morgan fingerprint density at radius 2 is 2.13 bits per heavy atom. The summed E-state index contributed by atoms with van der Waals surface area (Å²) in [6, 6.07) is 7.08. The van der Waals surface area contributed by atoms with E-state index in [2.05, 4.69) is 12.2 Å². The van der Waals surface area contributed by atoms with Gasteiger partial charge in [-0.25, -0.2) is 4.39 Å². The zero-order chi connectivity index (χ0) is 10.7. The average molecular weight is 207 g/mol. The lowest BCUT2D eigenvalue weighted by Crippen LogP contribution is -2.47. The first-order valence-corrected chi connectivity index (χ1v) is 5.68. The van der Waals surface area contributed by atoms with Gasteiger partial charge in [0.25, 0.3) is 0 Å². The monoisotopic (exact) mass is 207 g/mol. The Balaban J connectivity index is 2.10. The summed E-state index contributed by atoms with van der Waals surface area (Å²) in [5, 5.41) is 3.50. The van der Waals surface area contributed by atoms with E-state index in [4.69, 9.17) is 0 Å². The number of nitrogens with one attached hydrogen (secondary N) is 1. The summed E-state index contributed by atoms with van der Waals surface area (Å²) in [6.07, 6.45) is 4.42. The molecular formula is C13H18FN. The topological polar surface area (TPSA) is 12.0 Å². The van der Waals surface area contributed by atoms with E-state index < -0.39 is 0 Å². The summed E-state index contributed by atoms with van der Waals surface area (Å²) in [5.74, 6) is -0.0777. The second-order valence-electron chi connectivity index (χ2n) is 4.71. The van der Waals surface area contributed by atoms with Crippen LogP contribution in [0, 0.1) is 5.82 Å². The molecule has 1 unspecified atom stereocenters. The molecule has 1 fully saturated rings. The molecule has 0 spiro atoms. The maximum absolute atomic E-state index is 13.5. The van der Waals surface area contributed by atoms with Gasteiger partial charge >= 0.3 is 0 Å². The molecule has 0 saturated carbocycles. The molecule has 0 aromatic heterocycles. The van der Waals surface area contributed by atoms with E-state index in [1.54, 1.807) is 12.1 Å². The Morgan fingerprint density at radius 1 is 1.33 bits per heavy atom. The molecular weight excluding hydrogens is 189 g/mol. The van der Waals surface area contributed by atoms with Crippen LogP contribution in [0.2, 0.25) is 0 Å². The summed E-state index contributed by atoms with van der Waals surface area (Å²) >= 11 is 0. The second-order valence-corrected chi connectivity index (χ2v) is 4.71. The normalized spacial score (nSPS) is 26.5. The molecule has 15 heavy (non-hydrogen) atoms. The van der Waals surface area contributed by atoms with Crippen LogP contribution in [0.15, 0.2) is 24.3 Å².